The van der Waals surface area contributed by atoms with Crippen molar-refractivity contribution in [2.75, 3.05) is 13.2 Å². The number of carbonyl (C=O) groups excluding carboxylic acids is 2. The number of hydrogen-bond acceptors (Lipinski definition) is 5. The first-order valence-corrected chi connectivity index (χ1v) is 7.16. The van der Waals surface area contributed by atoms with E-state index in [4.69, 9.17) is 9.47 Å². The van der Waals surface area contributed by atoms with E-state index in [1.54, 1.807) is 18.3 Å². The Kier molecular flexibility index (Phi) is 6.06. The Balaban J connectivity index is 1.83. The van der Waals surface area contributed by atoms with Crippen LogP contribution >= 0.6 is 0 Å². The molecule has 23 heavy (non-hydrogen) atoms. The summed E-state index contributed by atoms with van der Waals surface area (Å²) in [5, 5.41) is 0. The molecule has 0 saturated carbocycles. The van der Waals surface area contributed by atoms with Crippen molar-refractivity contribution >= 4 is 12.3 Å². The van der Waals surface area contributed by atoms with Crippen LogP contribution in [0, 0.1) is 0 Å². The number of nitrogens with zero attached hydrogens (tertiary/aromatic N) is 1. The second-order valence-corrected chi connectivity index (χ2v) is 4.69. The molecule has 1 aromatic carbocycles. The summed E-state index contributed by atoms with van der Waals surface area (Å²) in [6.07, 6.45) is 4.17. The van der Waals surface area contributed by atoms with Crippen LogP contribution in [0.3, 0.4) is 0 Å². The van der Waals surface area contributed by atoms with E-state index < -0.39 is 5.97 Å². The second-order valence-electron chi connectivity index (χ2n) is 4.69. The van der Waals surface area contributed by atoms with Gasteiger partial charge in [0.15, 0.2) is 0 Å². The number of aldehydes is 1. The predicted octanol–water partition coefficient (Wildman–Crippen LogP) is 3.06. The monoisotopic (exact) mass is 311 g/mol. The Morgan fingerprint density at radius 3 is 2.52 bits per heavy atom. The summed E-state index contributed by atoms with van der Waals surface area (Å²) < 4.78 is 10.4. The summed E-state index contributed by atoms with van der Waals surface area (Å²) in [7, 11) is 0. The van der Waals surface area contributed by atoms with Gasteiger partial charge in [-0.15, -0.1) is 0 Å². The maximum Gasteiger partial charge on any atom is 0.330 e. The van der Waals surface area contributed by atoms with Crippen molar-refractivity contribution in [3.05, 3.63) is 60.8 Å². The van der Waals surface area contributed by atoms with Crippen LogP contribution in [0.1, 0.15) is 16.8 Å². The Morgan fingerprint density at radius 1 is 1.13 bits per heavy atom. The molecule has 0 spiro atoms. The molecular formula is C18H17NO4. The molecule has 0 aliphatic heterocycles. The molecule has 0 fully saturated rings. The van der Waals surface area contributed by atoms with Crippen LogP contribution in [0.5, 0.6) is 5.75 Å². The maximum atomic E-state index is 10.8. The van der Waals surface area contributed by atoms with Crippen LogP contribution in [-0.4, -0.2) is 30.5 Å². The standard InChI is InChI=1S/C18H17NO4/c1-2-18(21)23-11-3-10-22-16-8-9-17(19-12-16)15-6-4-14(13-20)5-7-15/h2,4-9,12-13H,1,3,10-11H2. The molecule has 118 valence electrons. The third-order valence-corrected chi connectivity index (χ3v) is 3.05. The summed E-state index contributed by atoms with van der Waals surface area (Å²) in [6, 6.07) is 10.9. The third kappa shape index (κ3) is 5.07. The summed E-state index contributed by atoms with van der Waals surface area (Å²) in [5.74, 6) is 0.213. The van der Waals surface area contributed by atoms with E-state index in [-0.39, 0.29) is 0 Å². The Morgan fingerprint density at radius 2 is 1.91 bits per heavy atom. The highest BCUT2D eigenvalue weighted by Crippen LogP contribution is 2.19. The molecule has 0 amide bonds. The number of rotatable bonds is 8. The van der Waals surface area contributed by atoms with Gasteiger partial charge >= 0.3 is 5.97 Å². The fourth-order valence-corrected chi connectivity index (χ4v) is 1.85. The molecule has 0 N–H and O–H groups in total. The first-order valence-electron chi connectivity index (χ1n) is 7.16. The fraction of sp³-hybridized carbons (Fsp3) is 0.167. The number of esters is 1. The molecule has 2 rings (SSSR count). The highest BCUT2D eigenvalue weighted by atomic mass is 16.5. The third-order valence-electron chi connectivity index (χ3n) is 3.05. The van der Waals surface area contributed by atoms with Crippen LogP contribution in [0.4, 0.5) is 0 Å². The lowest BCUT2D eigenvalue weighted by Gasteiger charge is -2.07. The molecule has 1 heterocycles. The number of carbonyl (C=O) groups is 2. The Labute approximate surface area is 134 Å². The minimum absolute atomic E-state index is 0.291. The molecule has 0 unspecified atom stereocenters. The highest BCUT2D eigenvalue weighted by molar-refractivity contribution is 5.81. The van der Waals surface area contributed by atoms with Crippen LogP contribution in [0.15, 0.2) is 55.3 Å². The van der Waals surface area contributed by atoms with Gasteiger partial charge in [0.25, 0.3) is 0 Å². The zero-order valence-electron chi connectivity index (χ0n) is 12.6. The van der Waals surface area contributed by atoms with Crippen molar-refractivity contribution < 1.29 is 19.1 Å². The van der Waals surface area contributed by atoms with Crippen molar-refractivity contribution in [3.8, 4) is 17.0 Å². The molecule has 0 aliphatic rings. The van der Waals surface area contributed by atoms with Crippen LogP contribution in [0.25, 0.3) is 11.3 Å². The van der Waals surface area contributed by atoms with Crippen LogP contribution < -0.4 is 4.74 Å². The van der Waals surface area contributed by atoms with Gasteiger partial charge in [0, 0.05) is 23.6 Å². The number of ether oxygens (including phenoxy) is 2. The van der Waals surface area contributed by atoms with Crippen LogP contribution in [-0.2, 0) is 9.53 Å². The van der Waals surface area contributed by atoms with Gasteiger partial charge in [-0.1, -0.05) is 30.8 Å². The molecule has 1 aromatic heterocycles. The summed E-state index contributed by atoms with van der Waals surface area (Å²) in [4.78, 5) is 25.8. The number of hydrogen-bond donors (Lipinski definition) is 0. The summed E-state index contributed by atoms with van der Waals surface area (Å²) >= 11 is 0. The molecule has 0 aliphatic carbocycles. The number of pyridine rings is 1. The smallest absolute Gasteiger partial charge is 0.330 e. The number of aromatic nitrogens is 1. The Hall–Kier alpha value is -2.95. The van der Waals surface area contributed by atoms with Crippen molar-refractivity contribution in [1.82, 2.24) is 4.98 Å². The average Bonchev–Trinajstić information content (AvgIpc) is 2.62. The number of benzene rings is 1. The highest BCUT2D eigenvalue weighted by Gasteiger charge is 2.01. The zero-order chi connectivity index (χ0) is 16.5. The first-order chi connectivity index (χ1) is 11.2. The summed E-state index contributed by atoms with van der Waals surface area (Å²) in [6.45, 7) is 4.04. The van der Waals surface area contributed by atoms with E-state index in [1.165, 1.54) is 0 Å². The van der Waals surface area contributed by atoms with E-state index in [2.05, 4.69) is 11.6 Å². The van der Waals surface area contributed by atoms with E-state index in [1.807, 2.05) is 24.3 Å². The molecule has 0 saturated heterocycles. The van der Waals surface area contributed by atoms with E-state index in [0.717, 1.165) is 23.6 Å². The zero-order valence-corrected chi connectivity index (χ0v) is 12.6. The molecule has 0 bridgehead atoms. The lowest BCUT2D eigenvalue weighted by Crippen LogP contribution is -2.06. The van der Waals surface area contributed by atoms with Crippen molar-refractivity contribution in [1.29, 1.82) is 0 Å². The van der Waals surface area contributed by atoms with Crippen molar-refractivity contribution in [2.24, 2.45) is 0 Å². The Bertz CT molecular complexity index is 662. The van der Waals surface area contributed by atoms with Gasteiger partial charge in [-0.25, -0.2) is 4.79 Å². The lowest BCUT2D eigenvalue weighted by atomic mass is 10.1. The van der Waals surface area contributed by atoms with Crippen molar-refractivity contribution in [3.63, 3.8) is 0 Å². The predicted molar refractivity (Wildman–Crippen MR) is 86.3 cm³/mol. The molecule has 0 atom stereocenters. The van der Waals surface area contributed by atoms with E-state index >= 15 is 0 Å². The van der Waals surface area contributed by atoms with Gasteiger partial charge in [-0.2, -0.15) is 0 Å². The second kappa shape index (κ2) is 8.48. The van der Waals surface area contributed by atoms with Gasteiger partial charge in [0.2, 0.25) is 0 Å². The van der Waals surface area contributed by atoms with E-state index in [0.29, 0.717) is 30.9 Å². The van der Waals surface area contributed by atoms with Gasteiger partial charge in [-0.05, 0) is 12.1 Å². The fourth-order valence-electron chi connectivity index (χ4n) is 1.85. The molecule has 2 aromatic rings. The van der Waals surface area contributed by atoms with Gasteiger partial charge < -0.3 is 9.47 Å². The van der Waals surface area contributed by atoms with Crippen LogP contribution in [0.2, 0.25) is 0 Å². The largest absolute Gasteiger partial charge is 0.492 e. The minimum Gasteiger partial charge on any atom is -0.492 e. The SMILES string of the molecule is C=CC(=O)OCCCOc1ccc(-c2ccc(C=O)cc2)nc1. The molecule has 5 heteroatoms. The minimum atomic E-state index is -0.434. The van der Waals surface area contributed by atoms with E-state index in [9.17, 15) is 9.59 Å². The van der Waals surface area contributed by atoms with Crippen molar-refractivity contribution in [2.45, 2.75) is 6.42 Å². The topological polar surface area (TPSA) is 65.5 Å². The lowest BCUT2D eigenvalue weighted by molar-refractivity contribution is -0.137. The quantitative estimate of drug-likeness (QED) is 0.324. The molecular weight excluding hydrogens is 294 g/mol. The van der Waals surface area contributed by atoms with Gasteiger partial charge in [0.05, 0.1) is 25.1 Å². The average molecular weight is 311 g/mol. The maximum absolute atomic E-state index is 10.8. The van der Waals surface area contributed by atoms with Gasteiger partial charge in [-0.3, -0.25) is 9.78 Å². The summed E-state index contributed by atoms with van der Waals surface area (Å²) in [5.41, 5.74) is 2.36. The normalized spacial score (nSPS) is 9.91. The van der Waals surface area contributed by atoms with Gasteiger partial charge in [0.1, 0.15) is 12.0 Å². The first kappa shape index (κ1) is 16.4. The molecule has 0 radical (unpaired) electrons. The molecule has 5 nitrogen and oxygen atoms in total.